The van der Waals surface area contributed by atoms with Gasteiger partial charge in [-0.25, -0.2) is 18.4 Å². The molecule has 162 valence electrons. The molecule has 0 aliphatic heterocycles. The number of sulfonamides is 1. The maximum absolute atomic E-state index is 12.7. The van der Waals surface area contributed by atoms with Crippen molar-refractivity contribution in [1.29, 1.82) is 0 Å². The summed E-state index contributed by atoms with van der Waals surface area (Å²) in [7, 11) is -2.56. The fourth-order valence-corrected chi connectivity index (χ4v) is 4.10. The number of aromatic nitrogens is 3. The zero-order chi connectivity index (χ0) is 22.9. The molecule has 0 amide bonds. The van der Waals surface area contributed by atoms with Crippen LogP contribution in [0.5, 0.6) is 5.88 Å². The second-order valence-corrected chi connectivity index (χ2v) is 8.37. The SMILES string of the molecule is COc1ncc(-c2ccc3nc(N)c(C(=O)[O-])cc3c2)cc1NS(=O)(=O)c1cccnc1.[Li+]. The molecule has 1 aromatic carbocycles. The monoisotopic (exact) mass is 457 g/mol. The molecule has 0 saturated carbocycles. The van der Waals surface area contributed by atoms with Crippen LogP contribution in [0.1, 0.15) is 10.4 Å². The molecule has 12 heteroatoms. The number of benzene rings is 1. The van der Waals surface area contributed by atoms with E-state index in [9.17, 15) is 18.3 Å². The molecule has 10 nitrogen and oxygen atoms in total. The average molecular weight is 457 g/mol. The molecule has 0 aliphatic rings. The molecule has 0 aliphatic carbocycles. The van der Waals surface area contributed by atoms with Crippen LogP contribution in [-0.4, -0.2) is 36.4 Å². The summed E-state index contributed by atoms with van der Waals surface area (Å²) in [4.78, 5) is 23.3. The second kappa shape index (κ2) is 9.46. The van der Waals surface area contributed by atoms with E-state index < -0.39 is 16.0 Å². The summed E-state index contributed by atoms with van der Waals surface area (Å²) in [6.07, 6.45) is 4.20. The molecule has 4 aromatic rings. The van der Waals surface area contributed by atoms with Crippen molar-refractivity contribution in [2.45, 2.75) is 4.90 Å². The molecule has 0 radical (unpaired) electrons. The number of carbonyl (C=O) groups excluding carboxylic acids is 1. The Hall–Kier alpha value is -3.65. The Bertz CT molecular complexity index is 1450. The van der Waals surface area contributed by atoms with Gasteiger partial charge in [0, 0.05) is 35.1 Å². The first-order valence-corrected chi connectivity index (χ1v) is 10.7. The first-order valence-electron chi connectivity index (χ1n) is 9.17. The summed E-state index contributed by atoms with van der Waals surface area (Å²) in [5.41, 5.74) is 7.28. The number of nitrogens with one attached hydrogen (secondary N) is 1. The summed E-state index contributed by atoms with van der Waals surface area (Å²) in [5.74, 6) is -1.49. The number of anilines is 2. The number of carboxylic acid groups (broad SMARTS) is 1. The Balaban J connectivity index is 0.00000306. The molecular weight excluding hydrogens is 441 g/mol. The van der Waals surface area contributed by atoms with E-state index >= 15 is 0 Å². The summed E-state index contributed by atoms with van der Waals surface area (Å²) >= 11 is 0. The third-order valence-electron chi connectivity index (χ3n) is 4.63. The normalized spacial score (nSPS) is 10.9. The first kappa shape index (κ1) is 24.0. The first-order chi connectivity index (χ1) is 15.3. The Labute approximate surface area is 201 Å². The van der Waals surface area contributed by atoms with Gasteiger partial charge in [0.2, 0.25) is 5.88 Å². The minimum Gasteiger partial charge on any atom is -0.545 e. The summed E-state index contributed by atoms with van der Waals surface area (Å²) in [5, 5.41) is 11.8. The van der Waals surface area contributed by atoms with Crippen LogP contribution in [0.15, 0.2) is 66.0 Å². The van der Waals surface area contributed by atoms with Crippen molar-refractivity contribution in [2.24, 2.45) is 0 Å². The van der Waals surface area contributed by atoms with Crippen LogP contribution in [0, 0.1) is 0 Å². The van der Waals surface area contributed by atoms with Crippen molar-refractivity contribution >= 4 is 38.4 Å². The van der Waals surface area contributed by atoms with Crippen molar-refractivity contribution in [2.75, 3.05) is 17.6 Å². The van der Waals surface area contributed by atoms with E-state index in [1.54, 1.807) is 24.3 Å². The number of aromatic carboxylic acids is 1. The van der Waals surface area contributed by atoms with Crippen molar-refractivity contribution in [1.82, 2.24) is 15.0 Å². The van der Waals surface area contributed by atoms with Crippen molar-refractivity contribution in [3.05, 3.63) is 66.6 Å². The predicted molar refractivity (Wildman–Crippen MR) is 115 cm³/mol. The van der Waals surface area contributed by atoms with Gasteiger partial charge < -0.3 is 20.4 Å². The number of nitrogens with two attached hydrogens (primary N) is 1. The van der Waals surface area contributed by atoms with Gasteiger partial charge in [-0.1, -0.05) is 6.07 Å². The fraction of sp³-hybridized carbons (Fsp3) is 0.0476. The second-order valence-electron chi connectivity index (χ2n) is 6.69. The number of methoxy groups -OCH3 is 1. The minimum absolute atomic E-state index is 0. The van der Waals surface area contributed by atoms with Crippen molar-refractivity contribution in [3.8, 4) is 17.0 Å². The van der Waals surface area contributed by atoms with Gasteiger partial charge in [-0.15, -0.1) is 0 Å². The Morgan fingerprint density at radius 1 is 1.12 bits per heavy atom. The number of ether oxygens (including phenoxy) is 1. The van der Waals surface area contributed by atoms with Gasteiger partial charge in [0.25, 0.3) is 10.0 Å². The Morgan fingerprint density at radius 3 is 2.58 bits per heavy atom. The molecule has 3 aromatic heterocycles. The van der Waals surface area contributed by atoms with E-state index in [2.05, 4.69) is 19.7 Å². The Morgan fingerprint density at radius 2 is 1.91 bits per heavy atom. The third kappa shape index (κ3) is 4.90. The van der Waals surface area contributed by atoms with Gasteiger partial charge in [-0.05, 0) is 42.0 Å². The number of fused-ring (bicyclic) bond motifs is 1. The van der Waals surface area contributed by atoms with Gasteiger partial charge in [0.15, 0.2) is 0 Å². The van der Waals surface area contributed by atoms with Crippen LogP contribution >= 0.6 is 0 Å². The number of nitrogens with zero attached hydrogens (tertiary/aromatic N) is 3. The van der Waals surface area contributed by atoms with E-state index in [1.807, 2.05) is 0 Å². The molecular formula is C21H16LiN5O5S. The minimum atomic E-state index is -3.93. The van der Waals surface area contributed by atoms with Gasteiger partial charge in [-0.3, -0.25) is 9.71 Å². The third-order valence-corrected chi connectivity index (χ3v) is 5.98. The predicted octanol–water partition coefficient (Wildman–Crippen LogP) is -1.55. The van der Waals surface area contributed by atoms with E-state index in [0.29, 0.717) is 22.0 Å². The van der Waals surface area contributed by atoms with Crippen LogP contribution in [0.2, 0.25) is 0 Å². The zero-order valence-electron chi connectivity index (χ0n) is 17.6. The molecule has 0 unspecified atom stereocenters. The molecule has 0 spiro atoms. The van der Waals surface area contributed by atoms with Gasteiger partial charge in [0.1, 0.15) is 16.4 Å². The van der Waals surface area contributed by atoms with E-state index in [4.69, 9.17) is 10.5 Å². The van der Waals surface area contributed by atoms with Gasteiger partial charge >= 0.3 is 18.9 Å². The molecule has 33 heavy (non-hydrogen) atoms. The summed E-state index contributed by atoms with van der Waals surface area (Å²) in [6.45, 7) is 0. The molecule has 3 N–H and O–H groups in total. The van der Waals surface area contributed by atoms with Gasteiger partial charge in [0.05, 0.1) is 18.6 Å². The maximum atomic E-state index is 12.7. The number of carboxylic acids is 1. The van der Waals surface area contributed by atoms with E-state index in [0.717, 1.165) is 0 Å². The van der Waals surface area contributed by atoms with E-state index in [1.165, 1.54) is 43.9 Å². The molecule has 3 heterocycles. The molecule has 0 bridgehead atoms. The topological polar surface area (TPSA) is 160 Å². The molecule has 4 rings (SSSR count). The quantitative estimate of drug-likeness (QED) is 0.327. The number of nitrogen functional groups attached to an aromatic ring is 1. The molecule has 0 atom stereocenters. The fourth-order valence-electron chi connectivity index (χ4n) is 3.09. The number of carbonyl (C=O) groups is 1. The van der Waals surface area contributed by atoms with Gasteiger partial charge in [-0.2, -0.15) is 0 Å². The molecule has 0 saturated heterocycles. The van der Waals surface area contributed by atoms with E-state index in [-0.39, 0.29) is 46.7 Å². The number of pyridine rings is 3. The van der Waals surface area contributed by atoms with Crippen LogP contribution in [-0.2, 0) is 10.0 Å². The Kier molecular flexibility index (Phi) is 6.88. The van der Waals surface area contributed by atoms with Crippen LogP contribution in [0.4, 0.5) is 11.5 Å². The van der Waals surface area contributed by atoms with Crippen LogP contribution in [0.3, 0.4) is 0 Å². The summed E-state index contributed by atoms with van der Waals surface area (Å²) < 4.78 is 33.1. The van der Waals surface area contributed by atoms with Crippen molar-refractivity contribution < 1.29 is 41.9 Å². The molecule has 0 fully saturated rings. The van der Waals surface area contributed by atoms with Crippen LogP contribution < -0.4 is 39.2 Å². The van der Waals surface area contributed by atoms with Crippen molar-refractivity contribution in [3.63, 3.8) is 0 Å². The standard InChI is InChI=1S/C21H17N5O5S.Li/c1-31-20-18(26-32(29,30)15-3-2-6-23-11-15)9-14(10-24-20)12-4-5-17-13(7-12)8-16(21(27)28)19(22)25-17;/h2-11,26H,1H3,(H2,22,25)(H,27,28);/q;+1/p-1. The number of rotatable bonds is 6. The zero-order valence-corrected chi connectivity index (χ0v) is 18.5. The number of hydrogen-bond donors (Lipinski definition) is 2. The smallest absolute Gasteiger partial charge is 0.545 e. The maximum Gasteiger partial charge on any atom is 1.00 e. The summed E-state index contributed by atoms with van der Waals surface area (Å²) in [6, 6.07) is 11.0. The van der Waals surface area contributed by atoms with Crippen LogP contribution in [0.25, 0.3) is 22.0 Å². The number of hydrogen-bond acceptors (Lipinski definition) is 9. The largest absolute Gasteiger partial charge is 1.00 e. The average Bonchev–Trinajstić information content (AvgIpc) is 2.78.